The van der Waals surface area contributed by atoms with Gasteiger partial charge in [0.25, 0.3) is 0 Å². The maximum absolute atomic E-state index is 13.9. The molecule has 4 atom stereocenters. The van der Waals surface area contributed by atoms with E-state index in [0.29, 0.717) is 45.3 Å². The van der Waals surface area contributed by atoms with Crippen LogP contribution >= 0.6 is 0 Å². The maximum Gasteiger partial charge on any atom is 0.224 e. The Bertz CT molecular complexity index is 1050. The Balaban J connectivity index is 1.19. The van der Waals surface area contributed by atoms with Crippen molar-refractivity contribution in [2.75, 3.05) is 25.0 Å². The van der Waals surface area contributed by atoms with Gasteiger partial charge in [-0.2, -0.15) is 0 Å². The molecule has 3 N–H and O–H groups in total. The second-order valence-corrected chi connectivity index (χ2v) is 9.23. The number of carbonyl (C=O) groups is 1. The average Bonchev–Trinajstić information content (AvgIpc) is 3.19. The van der Waals surface area contributed by atoms with Crippen LogP contribution in [-0.2, 0) is 11.2 Å². The van der Waals surface area contributed by atoms with Crippen LogP contribution in [0.4, 0.5) is 14.5 Å². The van der Waals surface area contributed by atoms with Crippen molar-refractivity contribution in [1.82, 2.24) is 4.90 Å². The Kier molecular flexibility index (Phi) is 5.39. The van der Waals surface area contributed by atoms with Gasteiger partial charge in [0.05, 0.1) is 11.7 Å². The summed E-state index contributed by atoms with van der Waals surface area (Å²) >= 11 is 0. The lowest BCUT2D eigenvalue weighted by Crippen LogP contribution is -2.36. The molecule has 32 heavy (non-hydrogen) atoms. The number of carbonyl (C=O) groups excluding carboxylic acids is 1. The van der Waals surface area contributed by atoms with Crippen molar-refractivity contribution in [3.8, 4) is 5.75 Å². The highest BCUT2D eigenvalue weighted by Gasteiger charge is 2.53. The number of likely N-dealkylation sites (tertiary alicyclic amines) is 1. The van der Waals surface area contributed by atoms with Crippen molar-refractivity contribution in [1.29, 1.82) is 0 Å². The molecule has 5 rings (SSSR count). The molecule has 2 aromatic rings. The molecule has 1 amide bonds. The van der Waals surface area contributed by atoms with Gasteiger partial charge in [0.15, 0.2) is 11.6 Å². The number of β-amino-alcohol motifs (C(OH)–C–C–N with tert-alkyl or cyclic N) is 2. The number of hydrogen-bond donors (Lipinski definition) is 3. The van der Waals surface area contributed by atoms with E-state index in [4.69, 9.17) is 4.74 Å². The zero-order valence-corrected chi connectivity index (χ0v) is 17.6. The molecule has 0 radical (unpaired) electrons. The molecule has 6 nitrogen and oxygen atoms in total. The predicted molar refractivity (Wildman–Crippen MR) is 113 cm³/mol. The molecule has 2 aromatic carbocycles. The van der Waals surface area contributed by atoms with Crippen molar-refractivity contribution >= 4 is 11.6 Å². The molecule has 2 heterocycles. The van der Waals surface area contributed by atoms with E-state index >= 15 is 0 Å². The molecule has 0 bridgehead atoms. The van der Waals surface area contributed by atoms with E-state index in [-0.39, 0.29) is 23.7 Å². The highest BCUT2D eigenvalue weighted by molar-refractivity contribution is 5.93. The Morgan fingerprint density at radius 1 is 1.22 bits per heavy atom. The largest absolute Gasteiger partial charge is 0.487 e. The van der Waals surface area contributed by atoms with E-state index in [1.807, 2.05) is 23.1 Å². The number of aryl methyl sites for hydroxylation is 1. The minimum absolute atomic E-state index is 0.00384. The zero-order chi connectivity index (χ0) is 22.5. The van der Waals surface area contributed by atoms with Gasteiger partial charge in [-0.15, -0.1) is 0 Å². The van der Waals surface area contributed by atoms with Crippen LogP contribution in [0.2, 0.25) is 0 Å². The molecular formula is C24H26F2N2O4. The number of anilines is 1. The summed E-state index contributed by atoms with van der Waals surface area (Å²) in [6.07, 6.45) is 0.980. The molecule has 1 aliphatic carbocycles. The number of rotatable bonds is 5. The second-order valence-electron chi connectivity index (χ2n) is 9.23. The first-order valence-corrected chi connectivity index (χ1v) is 11.0. The Morgan fingerprint density at radius 3 is 2.84 bits per heavy atom. The minimum atomic E-state index is -0.957. The lowest BCUT2D eigenvalue weighted by atomic mass is 9.95. The number of amides is 1. The third kappa shape index (κ3) is 4.10. The van der Waals surface area contributed by atoms with Gasteiger partial charge in [-0.1, -0.05) is 12.1 Å². The van der Waals surface area contributed by atoms with Crippen molar-refractivity contribution in [2.45, 2.75) is 43.5 Å². The number of ether oxygens (including phenoxy) is 1. The van der Waals surface area contributed by atoms with Crippen LogP contribution in [0, 0.1) is 17.6 Å². The predicted octanol–water partition coefficient (Wildman–Crippen LogP) is 2.79. The fourth-order valence-corrected chi connectivity index (χ4v) is 5.32. The average molecular weight is 444 g/mol. The fourth-order valence-electron chi connectivity index (χ4n) is 5.32. The van der Waals surface area contributed by atoms with Crippen LogP contribution in [0.15, 0.2) is 36.4 Å². The third-order valence-electron chi connectivity index (χ3n) is 6.89. The number of halogens is 2. The van der Waals surface area contributed by atoms with Crippen LogP contribution in [-0.4, -0.2) is 52.4 Å². The van der Waals surface area contributed by atoms with E-state index in [1.54, 1.807) is 0 Å². The van der Waals surface area contributed by atoms with E-state index in [2.05, 4.69) is 5.32 Å². The van der Waals surface area contributed by atoms with Gasteiger partial charge in [-0.25, -0.2) is 8.78 Å². The van der Waals surface area contributed by atoms with Crippen LogP contribution in [0.5, 0.6) is 5.75 Å². The Morgan fingerprint density at radius 2 is 2.06 bits per heavy atom. The van der Waals surface area contributed by atoms with E-state index in [0.717, 1.165) is 28.9 Å². The smallest absolute Gasteiger partial charge is 0.224 e. The fraction of sp³-hybridized carbons (Fsp3) is 0.458. The number of benzene rings is 2. The van der Waals surface area contributed by atoms with Gasteiger partial charge < -0.3 is 20.3 Å². The lowest BCUT2D eigenvalue weighted by Gasteiger charge is -2.25. The first-order valence-electron chi connectivity index (χ1n) is 11.0. The summed E-state index contributed by atoms with van der Waals surface area (Å²) in [5.41, 5.74) is 1.65. The van der Waals surface area contributed by atoms with Crippen LogP contribution in [0.3, 0.4) is 0 Å². The van der Waals surface area contributed by atoms with E-state index in [1.165, 1.54) is 6.07 Å². The molecule has 0 aromatic heterocycles. The zero-order valence-electron chi connectivity index (χ0n) is 17.6. The second kappa shape index (κ2) is 8.10. The number of aliphatic hydroxyl groups excluding tert-OH is 1. The molecular weight excluding hydrogens is 418 g/mol. The summed E-state index contributed by atoms with van der Waals surface area (Å²) in [5.74, 6) is -1.44. The van der Waals surface area contributed by atoms with Crippen LogP contribution < -0.4 is 10.1 Å². The molecule has 2 aliphatic heterocycles. The minimum Gasteiger partial charge on any atom is -0.487 e. The molecule has 170 valence electrons. The summed E-state index contributed by atoms with van der Waals surface area (Å²) in [6.45, 7) is 1.41. The number of aliphatic hydroxyl groups is 2. The molecule has 3 aliphatic rings. The van der Waals surface area contributed by atoms with Crippen LogP contribution in [0.25, 0.3) is 0 Å². The summed E-state index contributed by atoms with van der Waals surface area (Å²) in [6, 6.07) is 8.80. The normalized spacial score (nSPS) is 28.2. The summed E-state index contributed by atoms with van der Waals surface area (Å²) in [7, 11) is 0. The highest BCUT2D eigenvalue weighted by Crippen LogP contribution is 2.43. The molecule has 1 saturated heterocycles. The third-order valence-corrected chi connectivity index (χ3v) is 6.89. The van der Waals surface area contributed by atoms with Crippen molar-refractivity contribution < 1.29 is 28.5 Å². The van der Waals surface area contributed by atoms with Gasteiger partial charge in [-0.3, -0.25) is 9.69 Å². The Hall–Kier alpha value is -2.55. The summed E-state index contributed by atoms with van der Waals surface area (Å²) in [4.78, 5) is 13.6. The van der Waals surface area contributed by atoms with Crippen LogP contribution in [0.1, 0.15) is 36.5 Å². The van der Waals surface area contributed by atoms with Gasteiger partial charge >= 0.3 is 0 Å². The summed E-state index contributed by atoms with van der Waals surface area (Å²) in [5, 5.41) is 24.7. The first kappa shape index (κ1) is 21.3. The van der Waals surface area contributed by atoms with Gasteiger partial charge in [0, 0.05) is 50.1 Å². The van der Waals surface area contributed by atoms with Gasteiger partial charge in [0.1, 0.15) is 11.9 Å². The number of nitrogens with zero attached hydrogens (tertiary/aromatic N) is 1. The van der Waals surface area contributed by atoms with E-state index in [9.17, 15) is 23.8 Å². The van der Waals surface area contributed by atoms with Gasteiger partial charge in [-0.05, 0) is 42.2 Å². The monoisotopic (exact) mass is 444 g/mol. The van der Waals surface area contributed by atoms with Crippen molar-refractivity contribution in [3.63, 3.8) is 0 Å². The Labute approximate surface area is 184 Å². The topological polar surface area (TPSA) is 82.0 Å². The molecule has 8 heteroatoms. The highest BCUT2D eigenvalue weighted by atomic mass is 19.1. The summed E-state index contributed by atoms with van der Waals surface area (Å²) < 4.78 is 32.7. The maximum atomic E-state index is 13.9. The number of fused-ring (bicyclic) bond motifs is 2. The standard InChI is InChI=1S/C24H26F2N2O4/c25-17-3-5-22(19(26)9-17)32-18-8-16-11-28(13-24(16,31)10-18)12-21(29)15-1-4-20-14(7-15)2-6-23(30)27-20/h1,3-5,7,9,16,18,21,29,31H,2,6,8,10-13H2,(H,27,30)/t16-,18+,21+,24-/m0/s1. The van der Waals surface area contributed by atoms with Crippen molar-refractivity contribution in [2.24, 2.45) is 5.92 Å². The molecule has 2 fully saturated rings. The molecule has 0 unspecified atom stereocenters. The SMILES string of the molecule is O=C1CCc2cc([C@H](O)CN3C[C@@H]4C[C@@H](Oc5ccc(F)cc5F)C[C@]4(O)C3)ccc2N1. The lowest BCUT2D eigenvalue weighted by molar-refractivity contribution is -0.116. The quantitative estimate of drug-likeness (QED) is 0.661. The number of hydrogen-bond acceptors (Lipinski definition) is 5. The van der Waals surface area contributed by atoms with E-state index < -0.39 is 23.3 Å². The molecule has 0 spiro atoms. The molecule has 1 saturated carbocycles. The number of nitrogens with one attached hydrogen (secondary N) is 1. The van der Waals surface area contributed by atoms with Crippen molar-refractivity contribution in [3.05, 3.63) is 59.2 Å². The van der Waals surface area contributed by atoms with Gasteiger partial charge in [0.2, 0.25) is 5.91 Å². The first-order chi connectivity index (χ1) is 15.3.